The molecule has 3 nitrogen and oxygen atoms in total. The number of rotatable bonds is 3. The molecule has 9 heavy (non-hydrogen) atoms. The van der Waals surface area contributed by atoms with Crippen LogP contribution in [-0.2, 0) is 0 Å². The lowest BCUT2D eigenvalue weighted by molar-refractivity contribution is 0.739. The molecule has 0 aliphatic heterocycles. The molecule has 2 N–H and O–H groups in total. The van der Waals surface area contributed by atoms with Crippen LogP contribution in [0.15, 0.2) is 5.10 Å². The van der Waals surface area contributed by atoms with Gasteiger partial charge < -0.3 is 10.8 Å². The van der Waals surface area contributed by atoms with Crippen molar-refractivity contribution in [2.24, 2.45) is 5.10 Å². The van der Waals surface area contributed by atoms with Gasteiger partial charge in [-0.1, -0.05) is 0 Å². The Morgan fingerprint density at radius 2 is 2.44 bits per heavy atom. The zero-order chi connectivity index (χ0) is 6.69. The maximum absolute atomic E-state index is 6.78. The summed E-state index contributed by atoms with van der Waals surface area (Å²) in [6.07, 6.45) is 3.71. The van der Waals surface area contributed by atoms with Crippen LogP contribution in [-0.4, -0.2) is 18.0 Å². The van der Waals surface area contributed by atoms with Gasteiger partial charge in [0.05, 0.1) is 5.71 Å². The van der Waals surface area contributed by atoms with Gasteiger partial charge in [0.2, 0.25) is 0 Å². The third-order valence-electron chi connectivity index (χ3n) is 1.21. The molecule has 50 valence electrons. The van der Waals surface area contributed by atoms with E-state index in [1.165, 1.54) is 19.1 Å². The largest absolute Gasteiger partial charge is 0.307 e. The van der Waals surface area contributed by atoms with Crippen LogP contribution in [0.2, 0.25) is 0 Å². The van der Waals surface area contributed by atoms with Crippen molar-refractivity contribution in [1.29, 1.82) is 5.41 Å². The minimum Gasteiger partial charge on any atom is -0.307 e. The van der Waals surface area contributed by atoms with Gasteiger partial charge in [-0.25, -0.2) is 0 Å². The van der Waals surface area contributed by atoms with Crippen molar-refractivity contribution >= 4 is 11.9 Å². The van der Waals surface area contributed by atoms with E-state index in [2.05, 4.69) is 10.5 Å². The smallest absolute Gasteiger partial charge is 0.0747 e. The molecular weight excluding hydrogens is 114 g/mol. The number of nitrogens with one attached hydrogen (secondary N) is 2. The highest BCUT2D eigenvalue weighted by atomic mass is 15.3. The second kappa shape index (κ2) is 2.62. The van der Waals surface area contributed by atoms with Gasteiger partial charge >= 0.3 is 0 Å². The lowest BCUT2D eigenvalue weighted by atomic mass is 10.5. The predicted octanol–water partition coefficient (Wildman–Crippen LogP) is 0.764. The van der Waals surface area contributed by atoms with Crippen LogP contribution < -0.4 is 5.43 Å². The Morgan fingerprint density at radius 3 is 2.89 bits per heavy atom. The van der Waals surface area contributed by atoms with E-state index in [4.69, 9.17) is 5.41 Å². The third-order valence-corrected chi connectivity index (χ3v) is 1.21. The van der Waals surface area contributed by atoms with E-state index in [1.807, 2.05) is 6.92 Å². The van der Waals surface area contributed by atoms with Crippen LogP contribution in [0.1, 0.15) is 19.8 Å². The monoisotopic (exact) mass is 125 g/mol. The van der Waals surface area contributed by atoms with Gasteiger partial charge in [0, 0.05) is 12.3 Å². The molecule has 0 saturated heterocycles. The van der Waals surface area contributed by atoms with Gasteiger partial charge in [0.15, 0.2) is 0 Å². The molecule has 0 aromatic heterocycles. The van der Waals surface area contributed by atoms with E-state index < -0.39 is 0 Å². The molecule has 0 radical (unpaired) electrons. The fourth-order valence-electron chi connectivity index (χ4n) is 0.438. The highest BCUT2D eigenvalue weighted by molar-refractivity contribution is 6.28. The second-order valence-corrected chi connectivity index (χ2v) is 2.30. The topological polar surface area (TPSA) is 48.2 Å². The highest BCUT2D eigenvalue weighted by Gasteiger charge is 2.19. The van der Waals surface area contributed by atoms with Gasteiger partial charge in [0.1, 0.15) is 0 Å². The Labute approximate surface area is 54.7 Å². The summed E-state index contributed by atoms with van der Waals surface area (Å²) >= 11 is 0. The Morgan fingerprint density at radius 1 is 1.78 bits per heavy atom. The maximum Gasteiger partial charge on any atom is 0.0747 e. The molecule has 1 rings (SSSR count). The van der Waals surface area contributed by atoms with Crippen molar-refractivity contribution in [2.45, 2.75) is 25.8 Å². The van der Waals surface area contributed by atoms with Crippen molar-refractivity contribution in [3.63, 3.8) is 0 Å². The van der Waals surface area contributed by atoms with Crippen molar-refractivity contribution < 1.29 is 0 Å². The average Bonchev–Trinajstić information content (AvgIpc) is 2.65. The fraction of sp³-hybridized carbons (Fsp3) is 0.667. The number of hydrogen-bond acceptors (Lipinski definition) is 3. The lowest BCUT2D eigenvalue weighted by Gasteiger charge is -1.93. The third kappa shape index (κ3) is 2.26. The zero-order valence-electron chi connectivity index (χ0n) is 5.52. The van der Waals surface area contributed by atoms with E-state index in [-0.39, 0.29) is 0 Å². The van der Waals surface area contributed by atoms with Crippen LogP contribution in [0.25, 0.3) is 0 Å². The average molecular weight is 125 g/mol. The van der Waals surface area contributed by atoms with Gasteiger partial charge in [-0.2, -0.15) is 5.10 Å². The summed E-state index contributed by atoms with van der Waals surface area (Å²) in [7, 11) is 0. The zero-order valence-corrected chi connectivity index (χ0v) is 5.52. The molecule has 3 heteroatoms. The van der Waals surface area contributed by atoms with E-state index in [1.54, 1.807) is 0 Å². The Bertz CT molecular complexity index is 135. The first-order valence-corrected chi connectivity index (χ1v) is 3.13. The molecule has 1 aliphatic carbocycles. The molecule has 1 saturated carbocycles. The normalized spacial score (nSPS) is 19.4. The van der Waals surface area contributed by atoms with Crippen LogP contribution in [0.4, 0.5) is 0 Å². The van der Waals surface area contributed by atoms with Gasteiger partial charge in [-0.05, 0) is 19.8 Å². The highest BCUT2D eigenvalue weighted by Crippen LogP contribution is 2.18. The van der Waals surface area contributed by atoms with Gasteiger partial charge in [0.25, 0.3) is 0 Å². The number of nitrogens with zero attached hydrogens (tertiary/aromatic N) is 1. The lowest BCUT2D eigenvalue weighted by Crippen LogP contribution is -2.10. The summed E-state index contributed by atoms with van der Waals surface area (Å²) in [4.78, 5) is 0. The first kappa shape index (κ1) is 6.26. The minimum absolute atomic E-state index is 0.597. The minimum atomic E-state index is 0.597. The summed E-state index contributed by atoms with van der Waals surface area (Å²) in [5.41, 5.74) is 3.68. The molecule has 0 bridgehead atoms. The Hall–Kier alpha value is -0.860. The molecule has 0 heterocycles. The molecule has 0 atom stereocenters. The number of hydrazone groups is 1. The molecule has 0 aromatic rings. The van der Waals surface area contributed by atoms with Gasteiger partial charge in [-0.3, -0.25) is 0 Å². The molecule has 0 amide bonds. The van der Waals surface area contributed by atoms with E-state index in [0.717, 1.165) is 5.71 Å². The second-order valence-electron chi connectivity index (χ2n) is 2.30. The van der Waals surface area contributed by atoms with Gasteiger partial charge in [-0.15, -0.1) is 0 Å². The van der Waals surface area contributed by atoms with E-state index in [9.17, 15) is 0 Å². The van der Waals surface area contributed by atoms with Crippen molar-refractivity contribution in [1.82, 2.24) is 5.43 Å². The molecule has 0 aromatic carbocycles. The quantitative estimate of drug-likeness (QED) is 0.424. The predicted molar refractivity (Wildman–Crippen MR) is 38.1 cm³/mol. The van der Waals surface area contributed by atoms with Crippen molar-refractivity contribution in [2.75, 3.05) is 0 Å². The van der Waals surface area contributed by atoms with Crippen molar-refractivity contribution in [3.05, 3.63) is 0 Å². The van der Waals surface area contributed by atoms with E-state index in [0.29, 0.717) is 6.04 Å². The first-order chi connectivity index (χ1) is 4.33. The molecule has 1 aliphatic rings. The molecular formula is C6H11N3. The van der Waals surface area contributed by atoms with Crippen LogP contribution in [0, 0.1) is 5.41 Å². The molecule has 1 fully saturated rings. The standard InChI is InChI=1S/C6H11N3/c1-5(4-7)8-9-6-2-3-6/h4,6-7,9H,2-3H2,1H3/b7-4?,8-5-. The number of hydrogen-bond donors (Lipinski definition) is 2. The van der Waals surface area contributed by atoms with Crippen LogP contribution in [0.3, 0.4) is 0 Å². The molecule has 0 spiro atoms. The molecule has 0 unspecified atom stereocenters. The summed E-state index contributed by atoms with van der Waals surface area (Å²) in [6.45, 7) is 1.81. The summed E-state index contributed by atoms with van der Waals surface area (Å²) in [5, 5.41) is 10.7. The summed E-state index contributed by atoms with van der Waals surface area (Å²) in [5.74, 6) is 0. The van der Waals surface area contributed by atoms with E-state index >= 15 is 0 Å². The Balaban J connectivity index is 2.19. The Kier molecular flexibility index (Phi) is 1.82. The first-order valence-electron chi connectivity index (χ1n) is 3.13. The SMILES string of the molecule is C/C(C=N)=N/NC1CC1. The summed E-state index contributed by atoms with van der Waals surface area (Å²) < 4.78 is 0. The van der Waals surface area contributed by atoms with Crippen LogP contribution >= 0.6 is 0 Å². The van der Waals surface area contributed by atoms with Crippen LogP contribution in [0.5, 0.6) is 0 Å². The summed E-state index contributed by atoms with van der Waals surface area (Å²) in [6, 6.07) is 0.597. The maximum atomic E-state index is 6.78. The fourth-order valence-corrected chi connectivity index (χ4v) is 0.438. The van der Waals surface area contributed by atoms with Crippen molar-refractivity contribution in [3.8, 4) is 0 Å².